The lowest BCUT2D eigenvalue weighted by atomic mass is 10.4. The minimum atomic E-state index is -0.0816. The lowest BCUT2D eigenvalue weighted by molar-refractivity contribution is 0.124. The monoisotopic (exact) mass is 343 g/mol. The van der Waals surface area contributed by atoms with Crippen LogP contribution in [-0.2, 0) is 11.3 Å². The van der Waals surface area contributed by atoms with Crippen LogP contribution in [0.1, 0.15) is 32.6 Å². The number of aromatic nitrogens is 2. The Morgan fingerprint density at radius 2 is 2.35 bits per heavy atom. The van der Waals surface area contributed by atoms with E-state index in [2.05, 4.69) is 26.3 Å². The quantitative estimate of drug-likeness (QED) is 0.700. The Bertz CT molecular complexity index is 486. The number of aryl methyl sites for hydroxylation is 1. The van der Waals surface area contributed by atoms with Gasteiger partial charge in [-0.15, -0.1) is 0 Å². The maximum Gasteiger partial charge on any atom is 0.283 e. The van der Waals surface area contributed by atoms with E-state index in [0.29, 0.717) is 11.0 Å². The van der Waals surface area contributed by atoms with Crippen molar-refractivity contribution < 1.29 is 4.74 Å². The Balaban J connectivity index is 1.74. The van der Waals surface area contributed by atoms with Crippen LogP contribution in [0.15, 0.2) is 15.5 Å². The Labute approximate surface area is 127 Å². The van der Waals surface area contributed by atoms with E-state index < -0.39 is 0 Å². The second-order valence-electron chi connectivity index (χ2n) is 5.20. The summed E-state index contributed by atoms with van der Waals surface area (Å²) < 4.78 is 7.60. The van der Waals surface area contributed by atoms with Crippen molar-refractivity contribution in [1.82, 2.24) is 9.78 Å². The molecule has 112 valence electrons. The fourth-order valence-electron chi connectivity index (χ4n) is 1.89. The van der Waals surface area contributed by atoms with Gasteiger partial charge in [-0.25, -0.2) is 4.68 Å². The maximum absolute atomic E-state index is 12.0. The number of anilines is 1. The summed E-state index contributed by atoms with van der Waals surface area (Å²) in [4.78, 5) is 12.0. The molecule has 1 heterocycles. The predicted molar refractivity (Wildman–Crippen MR) is 83.1 cm³/mol. The molecule has 2 rings (SSSR count). The van der Waals surface area contributed by atoms with E-state index in [1.807, 2.05) is 6.92 Å². The highest BCUT2D eigenvalue weighted by molar-refractivity contribution is 9.10. The van der Waals surface area contributed by atoms with Crippen molar-refractivity contribution in [2.24, 2.45) is 5.92 Å². The first-order valence-electron chi connectivity index (χ1n) is 7.29. The van der Waals surface area contributed by atoms with Crippen molar-refractivity contribution in [1.29, 1.82) is 0 Å². The van der Waals surface area contributed by atoms with Gasteiger partial charge in [0.25, 0.3) is 5.56 Å². The first kappa shape index (κ1) is 15.5. The number of ether oxygens (including phenoxy) is 1. The van der Waals surface area contributed by atoms with Crippen molar-refractivity contribution in [3.8, 4) is 0 Å². The van der Waals surface area contributed by atoms with E-state index in [1.165, 1.54) is 17.5 Å². The zero-order valence-electron chi connectivity index (χ0n) is 11.9. The summed E-state index contributed by atoms with van der Waals surface area (Å²) >= 11 is 3.34. The zero-order chi connectivity index (χ0) is 14.4. The lowest BCUT2D eigenvalue weighted by Gasteiger charge is -2.10. The van der Waals surface area contributed by atoms with E-state index in [9.17, 15) is 4.79 Å². The van der Waals surface area contributed by atoms with Crippen molar-refractivity contribution in [3.05, 3.63) is 21.0 Å². The smallest absolute Gasteiger partial charge is 0.283 e. The minimum absolute atomic E-state index is 0.0816. The van der Waals surface area contributed by atoms with Crippen LogP contribution in [0.2, 0.25) is 0 Å². The maximum atomic E-state index is 12.0. The van der Waals surface area contributed by atoms with E-state index in [-0.39, 0.29) is 5.56 Å². The van der Waals surface area contributed by atoms with E-state index in [1.54, 1.807) is 6.20 Å². The van der Waals surface area contributed by atoms with Crippen molar-refractivity contribution in [2.75, 3.05) is 25.1 Å². The second kappa shape index (κ2) is 7.78. The molecule has 1 saturated carbocycles. The highest BCUT2D eigenvalue weighted by atomic mass is 79.9. The number of rotatable bonds is 9. The fraction of sp³-hybridized carbons (Fsp3) is 0.714. The van der Waals surface area contributed by atoms with Gasteiger partial charge >= 0.3 is 0 Å². The molecule has 0 bridgehead atoms. The van der Waals surface area contributed by atoms with Gasteiger partial charge in [-0.3, -0.25) is 4.79 Å². The third kappa shape index (κ3) is 4.59. The Morgan fingerprint density at radius 1 is 1.55 bits per heavy atom. The summed E-state index contributed by atoms with van der Waals surface area (Å²) in [5.41, 5.74) is 0.673. The zero-order valence-corrected chi connectivity index (χ0v) is 13.5. The summed E-state index contributed by atoms with van der Waals surface area (Å²) in [6, 6.07) is 0. The van der Waals surface area contributed by atoms with Crippen LogP contribution in [-0.4, -0.2) is 29.5 Å². The highest BCUT2D eigenvalue weighted by Crippen LogP contribution is 2.28. The van der Waals surface area contributed by atoms with E-state index in [0.717, 1.165) is 44.2 Å². The molecule has 0 amide bonds. The summed E-state index contributed by atoms with van der Waals surface area (Å²) in [6.07, 6.45) is 6.17. The molecular weight excluding hydrogens is 322 g/mol. The number of nitrogens with zero attached hydrogens (tertiary/aromatic N) is 2. The molecule has 0 radical (unpaired) electrons. The lowest BCUT2D eigenvalue weighted by Crippen LogP contribution is -2.24. The summed E-state index contributed by atoms with van der Waals surface area (Å²) in [5, 5.41) is 7.38. The molecule has 5 nitrogen and oxygen atoms in total. The highest BCUT2D eigenvalue weighted by Gasteiger charge is 2.20. The number of halogens is 1. The van der Waals surface area contributed by atoms with Crippen LogP contribution >= 0.6 is 15.9 Å². The second-order valence-corrected chi connectivity index (χ2v) is 5.99. The molecule has 0 unspecified atom stereocenters. The Kier molecular flexibility index (Phi) is 6.04. The van der Waals surface area contributed by atoms with E-state index in [4.69, 9.17) is 4.74 Å². The predicted octanol–water partition coefficient (Wildman–Crippen LogP) is 2.64. The molecule has 0 aromatic carbocycles. The van der Waals surface area contributed by atoms with Crippen LogP contribution in [0.3, 0.4) is 0 Å². The normalized spacial score (nSPS) is 14.5. The van der Waals surface area contributed by atoms with Gasteiger partial charge in [0.05, 0.1) is 11.9 Å². The average Bonchev–Trinajstić information content (AvgIpc) is 3.25. The fourth-order valence-corrected chi connectivity index (χ4v) is 2.34. The van der Waals surface area contributed by atoms with Gasteiger partial charge in [0.2, 0.25) is 0 Å². The molecule has 1 N–H and O–H groups in total. The first-order valence-corrected chi connectivity index (χ1v) is 8.09. The molecule has 0 atom stereocenters. The van der Waals surface area contributed by atoms with Gasteiger partial charge in [-0.1, -0.05) is 6.92 Å². The number of nitrogens with one attached hydrogen (secondary N) is 1. The topological polar surface area (TPSA) is 56.1 Å². The van der Waals surface area contributed by atoms with Crippen molar-refractivity contribution in [2.45, 2.75) is 39.2 Å². The van der Waals surface area contributed by atoms with Gasteiger partial charge in [-0.2, -0.15) is 5.10 Å². The molecule has 0 saturated heterocycles. The SMILES string of the molecule is CCCn1ncc(NCCCOCC2CC2)c(Br)c1=O. The third-order valence-corrected chi connectivity index (χ3v) is 4.02. The molecule has 1 fully saturated rings. The van der Waals surface area contributed by atoms with Crippen LogP contribution in [0.4, 0.5) is 5.69 Å². The first-order chi connectivity index (χ1) is 9.72. The van der Waals surface area contributed by atoms with E-state index >= 15 is 0 Å². The van der Waals surface area contributed by atoms with Gasteiger partial charge < -0.3 is 10.1 Å². The van der Waals surface area contributed by atoms with Crippen molar-refractivity contribution >= 4 is 21.6 Å². The largest absolute Gasteiger partial charge is 0.383 e. The molecule has 1 aromatic heterocycles. The van der Waals surface area contributed by atoms with Crippen molar-refractivity contribution in [3.63, 3.8) is 0 Å². The molecule has 1 aromatic rings. The molecule has 1 aliphatic rings. The van der Waals surface area contributed by atoms with Crippen LogP contribution in [0.25, 0.3) is 0 Å². The molecule has 1 aliphatic carbocycles. The number of hydrogen-bond acceptors (Lipinski definition) is 4. The molecular formula is C14H22BrN3O2. The molecule has 0 aliphatic heterocycles. The molecule has 20 heavy (non-hydrogen) atoms. The van der Waals surface area contributed by atoms with Gasteiger partial charge in [0.1, 0.15) is 4.47 Å². The van der Waals surface area contributed by atoms with Crippen LogP contribution in [0, 0.1) is 5.92 Å². The molecule has 0 spiro atoms. The van der Waals surface area contributed by atoms with Gasteiger partial charge in [0, 0.05) is 26.3 Å². The molecule has 6 heteroatoms. The third-order valence-electron chi connectivity index (χ3n) is 3.25. The van der Waals surface area contributed by atoms with Gasteiger partial charge in [0.15, 0.2) is 0 Å². The van der Waals surface area contributed by atoms with Crippen LogP contribution in [0.5, 0.6) is 0 Å². The minimum Gasteiger partial charge on any atom is -0.383 e. The summed E-state index contributed by atoms with van der Waals surface area (Å²) in [6.45, 7) is 5.12. The number of hydrogen-bond donors (Lipinski definition) is 1. The average molecular weight is 344 g/mol. The summed E-state index contributed by atoms with van der Waals surface area (Å²) in [5.74, 6) is 0.812. The van der Waals surface area contributed by atoms with Gasteiger partial charge in [-0.05, 0) is 47.5 Å². The Morgan fingerprint density at radius 3 is 3.05 bits per heavy atom. The Hall–Kier alpha value is -0.880. The standard InChI is InChI=1S/C14H22BrN3O2/c1-2-7-18-14(19)13(15)12(9-17-18)16-6-3-8-20-10-11-4-5-11/h9,11,16H,2-8,10H2,1H3. The van der Waals surface area contributed by atoms with Crippen LogP contribution < -0.4 is 10.9 Å². The summed E-state index contributed by atoms with van der Waals surface area (Å²) in [7, 11) is 0.